The Morgan fingerprint density at radius 3 is 1.55 bits per heavy atom. The molecule has 0 radical (unpaired) electrons. The molecule has 0 amide bonds. The van der Waals surface area contributed by atoms with Gasteiger partial charge in [0.15, 0.2) is 23.0 Å². The lowest BCUT2D eigenvalue weighted by Crippen LogP contribution is -2.15. The van der Waals surface area contributed by atoms with Crippen LogP contribution in [0.3, 0.4) is 0 Å². The van der Waals surface area contributed by atoms with Gasteiger partial charge in [0.1, 0.15) is 26.4 Å². The average molecular weight is 458 g/mol. The maximum atomic E-state index is 9.05. The largest absolute Gasteiger partial charge is 0.487 e. The Bertz CT molecular complexity index is 958. The fourth-order valence-electron chi connectivity index (χ4n) is 3.07. The standard InChI is InChI=1S/C25H31NO7/c1-18(2)20-4-6-22-24(16-20)32-14-10-29-11-15-33-25-17-21(19(3)26-27)5-7-23(25)31-13-9-28-8-12-30-22/h4-7,16-17,27H,1,8-15H2,2-3H3/b26-19-. The molecule has 0 aromatic heterocycles. The topological polar surface area (TPSA) is 88.0 Å². The monoisotopic (exact) mass is 457 g/mol. The van der Waals surface area contributed by atoms with Gasteiger partial charge in [0.05, 0.1) is 32.1 Å². The molecule has 1 aliphatic rings. The van der Waals surface area contributed by atoms with Gasteiger partial charge >= 0.3 is 0 Å². The van der Waals surface area contributed by atoms with Crippen LogP contribution >= 0.6 is 0 Å². The highest BCUT2D eigenvalue weighted by atomic mass is 16.6. The van der Waals surface area contributed by atoms with Gasteiger partial charge in [-0.25, -0.2) is 0 Å². The van der Waals surface area contributed by atoms with Gasteiger partial charge in [0, 0.05) is 5.56 Å². The Morgan fingerprint density at radius 1 is 0.667 bits per heavy atom. The zero-order chi connectivity index (χ0) is 23.5. The molecular formula is C25H31NO7. The van der Waals surface area contributed by atoms with Crippen molar-refractivity contribution in [1.82, 2.24) is 0 Å². The summed E-state index contributed by atoms with van der Waals surface area (Å²) < 4.78 is 34.7. The SMILES string of the molecule is C=C(C)c1ccc2c(c1)OCCOCCOc1cc(/C(C)=N\O)ccc1OCCOCCO2. The smallest absolute Gasteiger partial charge is 0.161 e. The number of allylic oxidation sites excluding steroid dienone is 1. The average Bonchev–Trinajstić information content (AvgIpc) is 2.82. The van der Waals surface area contributed by atoms with E-state index in [0.717, 1.165) is 16.7 Å². The van der Waals surface area contributed by atoms with Crippen molar-refractivity contribution in [2.75, 3.05) is 52.9 Å². The lowest BCUT2D eigenvalue weighted by molar-refractivity contribution is 0.0640. The highest BCUT2D eigenvalue weighted by Gasteiger charge is 2.11. The quantitative estimate of drug-likeness (QED) is 0.411. The van der Waals surface area contributed by atoms with Gasteiger partial charge < -0.3 is 33.6 Å². The zero-order valence-corrected chi connectivity index (χ0v) is 19.2. The summed E-state index contributed by atoms with van der Waals surface area (Å²) in [4.78, 5) is 0. The first-order valence-corrected chi connectivity index (χ1v) is 10.9. The number of hydrogen-bond acceptors (Lipinski definition) is 8. The van der Waals surface area contributed by atoms with Gasteiger partial charge in [-0.15, -0.1) is 0 Å². The minimum Gasteiger partial charge on any atom is -0.487 e. The highest BCUT2D eigenvalue weighted by Crippen LogP contribution is 2.31. The van der Waals surface area contributed by atoms with Crippen LogP contribution in [0.4, 0.5) is 0 Å². The van der Waals surface area contributed by atoms with Crippen LogP contribution < -0.4 is 18.9 Å². The van der Waals surface area contributed by atoms with Gasteiger partial charge in [-0.1, -0.05) is 23.4 Å². The van der Waals surface area contributed by atoms with Gasteiger partial charge in [-0.05, 0) is 49.7 Å². The van der Waals surface area contributed by atoms with Gasteiger partial charge in [0.25, 0.3) is 0 Å². The van der Waals surface area contributed by atoms with Crippen LogP contribution in [0.25, 0.3) is 5.57 Å². The maximum Gasteiger partial charge on any atom is 0.161 e. The summed E-state index contributed by atoms with van der Waals surface area (Å²) in [5, 5.41) is 12.3. The predicted octanol–water partition coefficient (Wildman–Crippen LogP) is 4.18. The number of hydrogen-bond donors (Lipinski definition) is 1. The summed E-state index contributed by atoms with van der Waals surface area (Å²) in [6.45, 7) is 10.6. The molecule has 178 valence electrons. The molecule has 2 aromatic rings. The fourth-order valence-corrected chi connectivity index (χ4v) is 3.07. The Hall–Kier alpha value is -3.23. The van der Waals surface area contributed by atoms with Crippen molar-refractivity contribution >= 4 is 11.3 Å². The molecule has 3 rings (SSSR count). The highest BCUT2D eigenvalue weighted by molar-refractivity contribution is 5.98. The molecule has 0 unspecified atom stereocenters. The molecule has 0 atom stereocenters. The number of nitrogens with zero attached hydrogens (tertiary/aromatic N) is 1. The Kier molecular flexibility index (Phi) is 9.41. The van der Waals surface area contributed by atoms with Gasteiger partial charge in [0.2, 0.25) is 0 Å². The van der Waals surface area contributed by atoms with Crippen LogP contribution in [0.5, 0.6) is 23.0 Å². The van der Waals surface area contributed by atoms with E-state index in [9.17, 15) is 0 Å². The molecule has 0 fully saturated rings. The van der Waals surface area contributed by atoms with Gasteiger partial charge in [-0.2, -0.15) is 0 Å². The maximum absolute atomic E-state index is 9.05. The van der Waals surface area contributed by atoms with Crippen molar-refractivity contribution in [1.29, 1.82) is 0 Å². The Balaban J connectivity index is 1.65. The summed E-state index contributed by atoms with van der Waals surface area (Å²) in [6.07, 6.45) is 0. The second-order valence-electron chi connectivity index (χ2n) is 7.41. The number of fused-ring (bicyclic) bond motifs is 2. The van der Waals surface area contributed by atoms with Crippen LogP contribution in [-0.4, -0.2) is 63.8 Å². The first-order chi connectivity index (χ1) is 16.1. The number of ether oxygens (including phenoxy) is 6. The van der Waals surface area contributed by atoms with Crippen molar-refractivity contribution < 1.29 is 33.6 Å². The third-order valence-electron chi connectivity index (χ3n) is 4.89. The van der Waals surface area contributed by atoms with E-state index < -0.39 is 0 Å². The lowest BCUT2D eigenvalue weighted by Gasteiger charge is -2.16. The van der Waals surface area contributed by atoms with E-state index in [-0.39, 0.29) is 0 Å². The minimum atomic E-state index is 0.325. The van der Waals surface area contributed by atoms with Crippen LogP contribution in [0.2, 0.25) is 0 Å². The summed E-state index contributed by atoms with van der Waals surface area (Å²) in [5.41, 5.74) is 3.15. The van der Waals surface area contributed by atoms with Gasteiger partial charge in [-0.3, -0.25) is 0 Å². The predicted molar refractivity (Wildman–Crippen MR) is 125 cm³/mol. The van der Waals surface area contributed by atoms with E-state index >= 15 is 0 Å². The summed E-state index contributed by atoms with van der Waals surface area (Å²) in [6, 6.07) is 11.1. The molecule has 1 heterocycles. The number of rotatable bonds is 2. The van der Waals surface area contributed by atoms with E-state index in [2.05, 4.69) is 11.7 Å². The fraction of sp³-hybridized carbons (Fsp3) is 0.400. The molecule has 0 spiro atoms. The lowest BCUT2D eigenvalue weighted by atomic mass is 10.1. The molecule has 0 saturated carbocycles. The van der Waals surface area contributed by atoms with Crippen molar-refractivity contribution in [3.8, 4) is 23.0 Å². The molecule has 8 heteroatoms. The molecule has 2 aromatic carbocycles. The molecular weight excluding hydrogens is 426 g/mol. The molecule has 0 bridgehead atoms. The van der Waals surface area contributed by atoms with E-state index in [4.69, 9.17) is 33.6 Å². The molecule has 1 aliphatic heterocycles. The Labute approximate surface area is 194 Å². The molecule has 1 N–H and O–H groups in total. The Morgan fingerprint density at radius 2 is 1.09 bits per heavy atom. The summed E-state index contributed by atoms with van der Waals surface area (Å²) in [7, 11) is 0. The third-order valence-corrected chi connectivity index (χ3v) is 4.89. The third kappa shape index (κ3) is 7.40. The van der Waals surface area contributed by atoms with Crippen LogP contribution in [-0.2, 0) is 9.47 Å². The second-order valence-corrected chi connectivity index (χ2v) is 7.41. The first kappa shape index (κ1) is 24.4. The van der Waals surface area contributed by atoms with Crippen molar-refractivity contribution in [3.63, 3.8) is 0 Å². The molecule has 8 nitrogen and oxygen atoms in total. The van der Waals surface area contributed by atoms with Crippen LogP contribution in [0.1, 0.15) is 25.0 Å². The summed E-state index contributed by atoms with van der Waals surface area (Å²) in [5.74, 6) is 2.41. The van der Waals surface area contributed by atoms with Crippen molar-refractivity contribution in [2.45, 2.75) is 13.8 Å². The van der Waals surface area contributed by atoms with Crippen molar-refractivity contribution in [3.05, 3.63) is 54.1 Å². The van der Waals surface area contributed by atoms with E-state index in [1.807, 2.05) is 31.2 Å². The zero-order valence-electron chi connectivity index (χ0n) is 19.2. The minimum absolute atomic E-state index is 0.325. The second kappa shape index (κ2) is 12.7. The normalized spacial score (nSPS) is 16.4. The molecule has 33 heavy (non-hydrogen) atoms. The van der Waals surface area contributed by atoms with Crippen molar-refractivity contribution in [2.24, 2.45) is 5.16 Å². The van der Waals surface area contributed by atoms with Crippen LogP contribution in [0.15, 0.2) is 48.1 Å². The van der Waals surface area contributed by atoms with E-state index in [1.54, 1.807) is 19.1 Å². The number of oxime groups is 1. The first-order valence-electron chi connectivity index (χ1n) is 10.9. The van der Waals surface area contributed by atoms with Crippen LogP contribution in [0, 0.1) is 0 Å². The molecule has 0 saturated heterocycles. The number of benzene rings is 2. The summed E-state index contributed by atoms with van der Waals surface area (Å²) >= 11 is 0. The van der Waals surface area contributed by atoms with E-state index in [1.165, 1.54) is 0 Å². The van der Waals surface area contributed by atoms with E-state index in [0.29, 0.717) is 81.6 Å². The molecule has 0 aliphatic carbocycles.